The number of benzene rings is 1. The Labute approximate surface area is 163 Å². The molecule has 7 nitrogen and oxygen atoms in total. The van der Waals surface area contributed by atoms with Crippen molar-refractivity contribution in [3.8, 4) is 11.1 Å². The standard InChI is InChI=1S/C19H26N6OS/c1-4-27-24-13-7-8-16(22-10-12-5-6-12)14(9-13)15-11-25(3)19(26)17(20)18(15)23-21-2/h7-9,11-12,22,24H,4-6,10,20H2,1-3H3. The Bertz CT molecular complexity index is 904. The molecule has 1 fully saturated rings. The average molecular weight is 387 g/mol. The highest BCUT2D eigenvalue weighted by Crippen LogP contribution is 2.40. The van der Waals surface area contributed by atoms with Gasteiger partial charge in [-0.3, -0.25) is 4.79 Å². The fourth-order valence-corrected chi connectivity index (χ4v) is 3.31. The van der Waals surface area contributed by atoms with Crippen molar-refractivity contribution in [2.45, 2.75) is 19.8 Å². The van der Waals surface area contributed by atoms with Crippen molar-refractivity contribution in [1.29, 1.82) is 0 Å². The molecule has 0 unspecified atom stereocenters. The number of nitrogens with one attached hydrogen (secondary N) is 2. The zero-order valence-electron chi connectivity index (χ0n) is 16.0. The van der Waals surface area contributed by atoms with Gasteiger partial charge in [0.15, 0.2) is 0 Å². The lowest BCUT2D eigenvalue weighted by atomic mass is 10.0. The van der Waals surface area contributed by atoms with E-state index >= 15 is 0 Å². The van der Waals surface area contributed by atoms with Crippen LogP contribution in [0.5, 0.6) is 0 Å². The Kier molecular flexibility index (Phi) is 6.05. The van der Waals surface area contributed by atoms with E-state index in [0.717, 1.165) is 40.7 Å². The van der Waals surface area contributed by atoms with Crippen molar-refractivity contribution in [3.05, 3.63) is 34.7 Å². The molecule has 1 aliphatic rings. The minimum absolute atomic E-state index is 0.107. The normalized spacial score (nSPS) is 13.9. The predicted octanol–water partition coefficient (Wildman–Crippen LogP) is 4.25. The Morgan fingerprint density at radius 3 is 2.78 bits per heavy atom. The minimum Gasteiger partial charge on any atom is -0.392 e. The van der Waals surface area contributed by atoms with Crippen LogP contribution in [0.25, 0.3) is 11.1 Å². The number of nitrogens with zero attached hydrogens (tertiary/aromatic N) is 3. The van der Waals surface area contributed by atoms with E-state index in [1.54, 1.807) is 32.2 Å². The third-order valence-corrected chi connectivity index (χ3v) is 5.17. The summed E-state index contributed by atoms with van der Waals surface area (Å²) in [4.78, 5) is 12.3. The summed E-state index contributed by atoms with van der Waals surface area (Å²) in [5, 5.41) is 11.6. The maximum Gasteiger partial charge on any atom is 0.275 e. The fraction of sp³-hybridized carbons (Fsp3) is 0.421. The predicted molar refractivity (Wildman–Crippen MR) is 115 cm³/mol. The van der Waals surface area contributed by atoms with Gasteiger partial charge in [-0.2, -0.15) is 10.2 Å². The van der Waals surface area contributed by atoms with E-state index in [4.69, 9.17) is 5.73 Å². The second-order valence-corrected chi connectivity index (χ2v) is 7.71. The summed E-state index contributed by atoms with van der Waals surface area (Å²) in [5.74, 6) is 1.70. The minimum atomic E-state index is -0.274. The molecule has 1 aliphatic carbocycles. The van der Waals surface area contributed by atoms with Gasteiger partial charge in [0.25, 0.3) is 5.56 Å². The summed E-state index contributed by atoms with van der Waals surface area (Å²) in [6, 6.07) is 6.17. The molecule has 2 aromatic rings. The molecule has 0 atom stereocenters. The van der Waals surface area contributed by atoms with Crippen LogP contribution in [0.3, 0.4) is 0 Å². The zero-order chi connectivity index (χ0) is 19.4. The number of hydrogen-bond acceptors (Lipinski definition) is 7. The molecule has 0 aliphatic heterocycles. The monoisotopic (exact) mass is 386 g/mol. The van der Waals surface area contributed by atoms with Gasteiger partial charge in [0.1, 0.15) is 11.4 Å². The Morgan fingerprint density at radius 2 is 2.11 bits per heavy atom. The van der Waals surface area contributed by atoms with Gasteiger partial charge in [-0.1, -0.05) is 18.9 Å². The maximum atomic E-state index is 12.3. The van der Waals surface area contributed by atoms with Crippen molar-refractivity contribution in [3.63, 3.8) is 0 Å². The highest BCUT2D eigenvalue weighted by atomic mass is 32.2. The van der Waals surface area contributed by atoms with E-state index < -0.39 is 0 Å². The molecule has 0 spiro atoms. The summed E-state index contributed by atoms with van der Waals surface area (Å²) in [6.07, 6.45) is 4.32. The molecule has 1 saturated carbocycles. The van der Waals surface area contributed by atoms with E-state index in [9.17, 15) is 4.79 Å². The second kappa shape index (κ2) is 8.47. The Balaban J connectivity index is 2.12. The molecular weight excluding hydrogens is 360 g/mol. The van der Waals surface area contributed by atoms with Crippen LogP contribution < -0.4 is 21.3 Å². The van der Waals surface area contributed by atoms with Crippen LogP contribution in [0.4, 0.5) is 22.7 Å². The summed E-state index contributed by atoms with van der Waals surface area (Å²) in [5.41, 5.74) is 10.0. The Morgan fingerprint density at radius 1 is 1.33 bits per heavy atom. The lowest BCUT2D eigenvalue weighted by Crippen LogP contribution is -2.20. The van der Waals surface area contributed by atoms with Crippen LogP contribution in [0.2, 0.25) is 0 Å². The third kappa shape index (κ3) is 4.44. The topological polar surface area (TPSA) is 96.8 Å². The molecule has 1 heterocycles. The lowest BCUT2D eigenvalue weighted by molar-refractivity contribution is 0.864. The van der Waals surface area contributed by atoms with Crippen molar-refractivity contribution < 1.29 is 0 Å². The molecule has 0 bridgehead atoms. The van der Waals surface area contributed by atoms with Crippen molar-refractivity contribution in [1.82, 2.24) is 4.57 Å². The molecule has 8 heteroatoms. The smallest absolute Gasteiger partial charge is 0.275 e. The molecule has 4 N–H and O–H groups in total. The number of anilines is 3. The highest BCUT2D eigenvalue weighted by molar-refractivity contribution is 8.00. The van der Waals surface area contributed by atoms with Gasteiger partial charge in [-0.05, 0) is 37.0 Å². The quantitative estimate of drug-likeness (QED) is 0.465. The van der Waals surface area contributed by atoms with Crippen molar-refractivity contribution in [2.24, 2.45) is 23.2 Å². The first-order valence-corrected chi connectivity index (χ1v) is 10.1. The maximum absolute atomic E-state index is 12.3. The first kappa shape index (κ1) is 19.3. The number of aryl methyl sites for hydroxylation is 1. The number of aromatic nitrogens is 1. The van der Waals surface area contributed by atoms with Crippen molar-refractivity contribution in [2.75, 3.05) is 35.1 Å². The van der Waals surface area contributed by atoms with Crippen LogP contribution in [0.1, 0.15) is 19.8 Å². The van der Waals surface area contributed by atoms with E-state index in [0.29, 0.717) is 5.69 Å². The van der Waals surface area contributed by atoms with Crippen LogP contribution >= 0.6 is 11.9 Å². The summed E-state index contributed by atoms with van der Waals surface area (Å²) in [6.45, 7) is 3.03. The molecule has 0 saturated heterocycles. The van der Waals surface area contributed by atoms with Crippen molar-refractivity contribution >= 4 is 34.7 Å². The highest BCUT2D eigenvalue weighted by Gasteiger charge is 2.22. The number of nitrogens with two attached hydrogens (primary N) is 1. The first-order chi connectivity index (χ1) is 13.0. The first-order valence-electron chi connectivity index (χ1n) is 9.10. The summed E-state index contributed by atoms with van der Waals surface area (Å²) >= 11 is 1.63. The van der Waals surface area contributed by atoms with Gasteiger partial charge in [0, 0.05) is 55.1 Å². The molecule has 1 aromatic heterocycles. The molecule has 27 heavy (non-hydrogen) atoms. The van der Waals surface area contributed by atoms with E-state index in [-0.39, 0.29) is 11.2 Å². The lowest BCUT2D eigenvalue weighted by Gasteiger charge is -2.17. The molecule has 144 valence electrons. The van der Waals surface area contributed by atoms with E-state index in [1.807, 2.05) is 6.07 Å². The number of azo groups is 1. The second-order valence-electron chi connectivity index (χ2n) is 6.64. The number of rotatable bonds is 8. The van der Waals surface area contributed by atoms with Gasteiger partial charge in [-0.15, -0.1) is 0 Å². The number of nitrogen functional groups attached to an aromatic ring is 1. The average Bonchev–Trinajstić information content (AvgIpc) is 3.50. The zero-order valence-corrected chi connectivity index (χ0v) is 16.8. The van der Waals surface area contributed by atoms with Gasteiger partial charge in [0.05, 0.1) is 0 Å². The summed E-state index contributed by atoms with van der Waals surface area (Å²) < 4.78 is 4.83. The Hall–Kier alpha value is -2.48. The van der Waals surface area contributed by atoms with Crippen LogP contribution in [-0.4, -0.2) is 23.9 Å². The van der Waals surface area contributed by atoms with Gasteiger partial charge in [-0.25, -0.2) is 0 Å². The third-order valence-electron chi connectivity index (χ3n) is 4.51. The molecule has 0 radical (unpaired) electrons. The van der Waals surface area contributed by atoms with Gasteiger partial charge in [0.2, 0.25) is 0 Å². The largest absolute Gasteiger partial charge is 0.392 e. The molecule has 0 amide bonds. The molecule has 1 aromatic carbocycles. The van der Waals surface area contributed by atoms with Crippen LogP contribution in [0.15, 0.2) is 39.4 Å². The van der Waals surface area contributed by atoms with Crippen LogP contribution in [0, 0.1) is 5.92 Å². The SMILES string of the molecule is CCSNc1ccc(NCC2CC2)c(-c2cn(C)c(=O)c(N)c2N=NC)c1. The number of pyridine rings is 1. The molecular formula is C19H26N6OS. The van der Waals surface area contributed by atoms with Gasteiger partial charge < -0.3 is 20.3 Å². The molecule has 3 rings (SSSR count). The fourth-order valence-electron chi connectivity index (χ4n) is 2.87. The summed E-state index contributed by atoms with van der Waals surface area (Å²) in [7, 11) is 3.27. The number of hydrogen-bond donors (Lipinski definition) is 3. The van der Waals surface area contributed by atoms with Crippen LogP contribution in [-0.2, 0) is 7.05 Å². The van der Waals surface area contributed by atoms with E-state index in [1.165, 1.54) is 17.4 Å². The van der Waals surface area contributed by atoms with Gasteiger partial charge >= 0.3 is 0 Å². The van der Waals surface area contributed by atoms with E-state index in [2.05, 4.69) is 39.3 Å².